The molecule has 5 rings (SSSR count). The smallest absolute Gasteiger partial charge is 0.249 e. The number of rotatable bonds is 6. The molecule has 3 aliphatic heterocycles. The van der Waals surface area contributed by atoms with E-state index in [4.69, 9.17) is 0 Å². The number of fused-ring (bicyclic) bond motifs is 2. The molecule has 8 nitrogen and oxygen atoms in total. The van der Waals surface area contributed by atoms with Gasteiger partial charge in [-0.25, -0.2) is 4.57 Å². The highest BCUT2D eigenvalue weighted by Crippen LogP contribution is 2.52. The lowest BCUT2D eigenvalue weighted by Gasteiger charge is -2.46. The standard InChI is InChI=1S/C21H26IN4O4S2/c1-9-16-15(10(2)27)21(30)26(16)17(20(22)29)19(9)32-11-4-12(23-5-11)18(28)13-7-31-14-6-24(3)8-25(13)14/h6-12,15-16,18,23,27-28H,4-5H2,1-3H3/q+1/t9-,10-,11+,12+,15-,16-,18?/m1/s1. The van der Waals surface area contributed by atoms with Gasteiger partial charge >= 0.3 is 0 Å². The molecule has 0 aliphatic carbocycles. The first-order valence-corrected chi connectivity index (χ1v) is 13.5. The number of imidazole rings is 1. The van der Waals surface area contributed by atoms with E-state index in [-0.39, 0.29) is 32.9 Å². The summed E-state index contributed by atoms with van der Waals surface area (Å²) >= 11 is 5.01. The van der Waals surface area contributed by atoms with Gasteiger partial charge in [-0.2, -0.15) is 4.40 Å². The van der Waals surface area contributed by atoms with E-state index >= 15 is 0 Å². The Hall–Kier alpha value is -0.990. The third-order valence-corrected chi connectivity index (χ3v) is 9.75. The summed E-state index contributed by atoms with van der Waals surface area (Å²) in [4.78, 5) is 28.7. The van der Waals surface area contributed by atoms with Gasteiger partial charge in [-0.1, -0.05) is 18.3 Å². The summed E-state index contributed by atoms with van der Waals surface area (Å²) in [6.45, 7) is 4.40. The fraction of sp³-hybridized carbons (Fsp3) is 0.571. The zero-order chi connectivity index (χ0) is 22.9. The van der Waals surface area contributed by atoms with E-state index in [0.29, 0.717) is 5.70 Å². The largest absolute Gasteiger partial charge is 0.393 e. The van der Waals surface area contributed by atoms with Crippen molar-refractivity contribution in [3.05, 3.63) is 34.2 Å². The van der Waals surface area contributed by atoms with Gasteiger partial charge in [-0.3, -0.25) is 9.59 Å². The molecule has 0 aromatic carbocycles. The number of aryl methyl sites for hydroxylation is 1. The number of thiazole rings is 1. The predicted molar refractivity (Wildman–Crippen MR) is 130 cm³/mol. The number of hydrogen-bond donors (Lipinski definition) is 3. The second-order valence-electron chi connectivity index (χ2n) is 8.95. The van der Waals surface area contributed by atoms with Gasteiger partial charge in [0.1, 0.15) is 18.0 Å². The van der Waals surface area contributed by atoms with Crippen LogP contribution in [-0.4, -0.2) is 59.2 Å². The molecule has 7 atom stereocenters. The molecule has 2 fully saturated rings. The van der Waals surface area contributed by atoms with Crippen molar-refractivity contribution in [2.24, 2.45) is 18.9 Å². The van der Waals surface area contributed by atoms with Crippen LogP contribution >= 0.6 is 45.7 Å². The van der Waals surface area contributed by atoms with Crippen LogP contribution in [0.2, 0.25) is 0 Å². The number of carbonyl (C=O) groups excluding carboxylic acids is 2. The molecule has 1 amide bonds. The van der Waals surface area contributed by atoms with Gasteiger partial charge in [-0.15, -0.1) is 11.8 Å². The van der Waals surface area contributed by atoms with Crippen molar-refractivity contribution >= 4 is 60.2 Å². The van der Waals surface area contributed by atoms with E-state index in [2.05, 4.69) is 5.32 Å². The maximum Gasteiger partial charge on any atom is 0.249 e. The van der Waals surface area contributed by atoms with Crippen LogP contribution in [-0.2, 0) is 16.6 Å². The van der Waals surface area contributed by atoms with Gasteiger partial charge in [0.2, 0.25) is 20.9 Å². The zero-order valence-electron chi connectivity index (χ0n) is 17.9. The van der Waals surface area contributed by atoms with Crippen LogP contribution in [0.1, 0.15) is 32.1 Å². The van der Waals surface area contributed by atoms with Crippen LogP contribution in [0, 0.1) is 11.8 Å². The maximum atomic E-state index is 12.6. The highest BCUT2D eigenvalue weighted by molar-refractivity contribution is 14.1. The molecule has 0 bridgehead atoms. The Kier molecular flexibility index (Phi) is 5.94. The van der Waals surface area contributed by atoms with Crippen LogP contribution in [0.25, 0.3) is 4.83 Å². The van der Waals surface area contributed by atoms with Crippen molar-refractivity contribution < 1.29 is 24.4 Å². The number of nitrogens with one attached hydrogen (secondary N) is 1. The van der Waals surface area contributed by atoms with Crippen molar-refractivity contribution in [1.82, 2.24) is 14.6 Å². The molecule has 0 spiro atoms. The quantitative estimate of drug-likeness (QED) is 0.204. The molecule has 2 aromatic rings. The minimum Gasteiger partial charge on any atom is -0.393 e. The van der Waals surface area contributed by atoms with E-state index in [1.54, 1.807) is 57.5 Å². The van der Waals surface area contributed by atoms with Crippen LogP contribution in [0.15, 0.2) is 28.5 Å². The number of carbonyl (C=O) groups is 2. The van der Waals surface area contributed by atoms with Gasteiger partial charge in [-0.05, 0) is 13.3 Å². The first kappa shape index (κ1) is 22.8. The lowest BCUT2D eigenvalue weighted by atomic mass is 9.79. The molecule has 3 aliphatic rings. The van der Waals surface area contributed by atoms with Gasteiger partial charge in [0.25, 0.3) is 0 Å². The zero-order valence-corrected chi connectivity index (χ0v) is 21.7. The summed E-state index contributed by atoms with van der Waals surface area (Å²) in [5, 5.41) is 26.8. The highest BCUT2D eigenvalue weighted by Gasteiger charge is 2.59. The minimum atomic E-state index is -0.730. The van der Waals surface area contributed by atoms with Gasteiger partial charge in [0, 0.05) is 56.6 Å². The molecule has 0 saturated carbocycles. The Morgan fingerprint density at radius 3 is 2.88 bits per heavy atom. The second-order valence-corrected chi connectivity index (χ2v) is 12.2. The number of β-lactam (4-membered cyclic amide) rings is 1. The number of aliphatic hydroxyl groups is 2. The van der Waals surface area contributed by atoms with Crippen molar-refractivity contribution in [3.63, 3.8) is 0 Å². The normalized spacial score (nSPS) is 31.9. The molecular weight excluding hydrogens is 563 g/mol. The topological polar surface area (TPSA) is 98.2 Å². The number of allylic oxidation sites excluding steroid dienone is 1. The van der Waals surface area contributed by atoms with Crippen molar-refractivity contribution in [2.75, 3.05) is 6.54 Å². The molecule has 0 radical (unpaired) electrons. The van der Waals surface area contributed by atoms with Gasteiger partial charge < -0.3 is 20.4 Å². The molecule has 32 heavy (non-hydrogen) atoms. The van der Waals surface area contributed by atoms with E-state index in [9.17, 15) is 19.8 Å². The molecule has 1 unspecified atom stereocenters. The summed E-state index contributed by atoms with van der Waals surface area (Å²) in [7, 11) is 1.97. The van der Waals surface area contributed by atoms with Crippen molar-refractivity contribution in [2.45, 2.75) is 49.8 Å². The third kappa shape index (κ3) is 3.47. The highest BCUT2D eigenvalue weighted by atomic mass is 127. The summed E-state index contributed by atoms with van der Waals surface area (Å²) in [5.41, 5.74) is 1.36. The van der Waals surface area contributed by atoms with E-state index in [1.165, 1.54) is 0 Å². The van der Waals surface area contributed by atoms with Crippen LogP contribution in [0.4, 0.5) is 0 Å². The van der Waals surface area contributed by atoms with E-state index in [0.717, 1.165) is 28.4 Å². The number of aliphatic hydroxyl groups excluding tert-OH is 2. The number of nitrogens with zero attached hydrogens (tertiary/aromatic N) is 3. The average molecular weight is 590 g/mol. The molecule has 172 valence electrons. The van der Waals surface area contributed by atoms with Gasteiger partial charge in [0.05, 0.1) is 25.1 Å². The summed E-state index contributed by atoms with van der Waals surface area (Å²) in [6, 6.07) is -0.235. The lowest BCUT2D eigenvalue weighted by Crippen LogP contribution is -2.63. The van der Waals surface area contributed by atoms with E-state index in [1.807, 2.05) is 40.8 Å². The fourth-order valence-electron chi connectivity index (χ4n) is 5.29. The lowest BCUT2D eigenvalue weighted by molar-refractivity contribution is -0.670. The molecule has 2 saturated heterocycles. The fourth-order valence-corrected chi connectivity index (χ4v) is 8.51. The second kappa shape index (κ2) is 8.35. The summed E-state index contributed by atoms with van der Waals surface area (Å²) in [6.07, 6.45) is 3.39. The maximum absolute atomic E-state index is 12.6. The number of thioether (sulfide) groups is 1. The molecule has 3 N–H and O–H groups in total. The molecule has 5 heterocycles. The van der Waals surface area contributed by atoms with Crippen LogP contribution in [0.3, 0.4) is 0 Å². The Morgan fingerprint density at radius 1 is 1.44 bits per heavy atom. The number of halogens is 1. The Labute approximate surface area is 207 Å². The number of amides is 1. The monoisotopic (exact) mass is 589 g/mol. The number of aromatic nitrogens is 2. The summed E-state index contributed by atoms with van der Waals surface area (Å²) in [5.74, 6) is -0.605. The Bertz CT molecular complexity index is 1130. The first-order chi connectivity index (χ1) is 15.2. The van der Waals surface area contributed by atoms with Crippen molar-refractivity contribution in [1.29, 1.82) is 0 Å². The average Bonchev–Trinajstić information content (AvgIpc) is 3.45. The first-order valence-electron chi connectivity index (χ1n) is 10.7. The molecular formula is C21H26IN4O4S2+. The minimum absolute atomic E-state index is 0.00589. The predicted octanol–water partition coefficient (Wildman–Crippen LogP) is 1.35. The Balaban J connectivity index is 1.33. The molecule has 2 aromatic heterocycles. The van der Waals surface area contributed by atoms with Crippen LogP contribution < -0.4 is 9.88 Å². The number of hydrogen-bond acceptors (Lipinski definition) is 7. The summed E-state index contributed by atoms with van der Waals surface area (Å²) < 4.78 is 3.87. The third-order valence-electron chi connectivity index (χ3n) is 6.82. The Morgan fingerprint density at radius 2 is 2.19 bits per heavy atom. The van der Waals surface area contributed by atoms with E-state index < -0.39 is 18.1 Å². The molecule has 11 heteroatoms. The van der Waals surface area contributed by atoms with Crippen molar-refractivity contribution in [3.8, 4) is 0 Å². The van der Waals surface area contributed by atoms with Gasteiger partial charge in [0.15, 0.2) is 5.69 Å². The van der Waals surface area contributed by atoms with Crippen LogP contribution in [0.5, 0.6) is 0 Å². The SMILES string of the molecule is C[C@@H](O)[C@H]1C(=O)N2C(C(=O)I)=C(S[C@@H]3CN[C@H](C(O)c4csc5c[n+](C)cn45)C3)[C@H](C)[C@H]12.